The van der Waals surface area contributed by atoms with Crippen LogP contribution in [0.3, 0.4) is 0 Å². The average molecular weight is 513 g/mol. The molecule has 2 aliphatic rings. The Kier molecular flexibility index (Phi) is 8.73. The van der Waals surface area contributed by atoms with Gasteiger partial charge in [0.05, 0.1) is 34.9 Å². The molecular weight excluding hydrogens is 472 g/mol. The van der Waals surface area contributed by atoms with Gasteiger partial charge >= 0.3 is 6.09 Å². The van der Waals surface area contributed by atoms with Crippen molar-refractivity contribution >= 4 is 15.9 Å². The van der Waals surface area contributed by atoms with Crippen molar-refractivity contribution in [2.45, 2.75) is 87.4 Å². The molecule has 0 aliphatic carbocycles. The molecule has 1 amide bonds. The molecular formula is C25H40N2O7S. The van der Waals surface area contributed by atoms with E-state index in [2.05, 4.69) is 5.32 Å². The lowest BCUT2D eigenvalue weighted by Crippen LogP contribution is -2.49. The Labute approximate surface area is 209 Å². The van der Waals surface area contributed by atoms with Crippen LogP contribution in [-0.2, 0) is 19.3 Å². The summed E-state index contributed by atoms with van der Waals surface area (Å²) in [5, 5.41) is 13.5. The average Bonchev–Trinajstić information content (AvgIpc) is 3.18. The van der Waals surface area contributed by atoms with E-state index in [0.717, 1.165) is 25.9 Å². The molecule has 0 bridgehead atoms. The molecule has 1 aromatic carbocycles. The van der Waals surface area contributed by atoms with E-state index in [-0.39, 0.29) is 29.7 Å². The van der Waals surface area contributed by atoms with E-state index in [1.165, 1.54) is 12.1 Å². The third-order valence-corrected chi connectivity index (χ3v) is 8.53. The summed E-state index contributed by atoms with van der Waals surface area (Å²) in [6.45, 7) is 10.7. The highest BCUT2D eigenvalue weighted by Crippen LogP contribution is 2.36. The minimum Gasteiger partial charge on any atom is -0.491 e. The van der Waals surface area contributed by atoms with Gasteiger partial charge in [-0.2, -0.15) is 0 Å². The quantitative estimate of drug-likeness (QED) is 0.547. The summed E-state index contributed by atoms with van der Waals surface area (Å²) >= 11 is 0. The molecule has 198 valence electrons. The highest BCUT2D eigenvalue weighted by Gasteiger charge is 2.45. The van der Waals surface area contributed by atoms with Gasteiger partial charge < -0.3 is 29.5 Å². The SMILES string of the molecule is CC(C)S(=O)(=O)c1cccc(OC[C@@H](O)CN(C(=O)OC(C)(C)C)[C@H]2COC3(CCNCC3)C2)c1. The number of piperidine rings is 1. The molecule has 0 saturated carbocycles. The van der Waals surface area contributed by atoms with Crippen molar-refractivity contribution in [2.75, 3.05) is 32.8 Å². The van der Waals surface area contributed by atoms with E-state index in [9.17, 15) is 18.3 Å². The summed E-state index contributed by atoms with van der Waals surface area (Å²) in [5.41, 5.74) is -0.926. The van der Waals surface area contributed by atoms with Crippen LogP contribution in [0, 0.1) is 0 Å². The van der Waals surface area contributed by atoms with E-state index in [4.69, 9.17) is 14.2 Å². The second-order valence-electron chi connectivity index (χ2n) is 10.8. The third kappa shape index (κ3) is 7.31. The molecule has 10 heteroatoms. The minimum absolute atomic E-state index is 0.0151. The predicted molar refractivity (Wildman–Crippen MR) is 132 cm³/mol. The topological polar surface area (TPSA) is 114 Å². The number of nitrogens with zero attached hydrogens (tertiary/aromatic N) is 1. The zero-order chi connectivity index (χ0) is 25.9. The molecule has 3 rings (SSSR count). The van der Waals surface area contributed by atoms with Crippen LogP contribution in [0.5, 0.6) is 5.75 Å². The van der Waals surface area contributed by atoms with E-state index in [1.54, 1.807) is 51.7 Å². The number of aliphatic hydroxyl groups is 1. The molecule has 2 N–H and O–H groups in total. The number of benzene rings is 1. The first-order valence-electron chi connectivity index (χ1n) is 12.3. The predicted octanol–water partition coefficient (Wildman–Crippen LogP) is 2.76. The van der Waals surface area contributed by atoms with Crippen molar-refractivity contribution in [2.24, 2.45) is 0 Å². The Morgan fingerprint density at radius 3 is 2.60 bits per heavy atom. The summed E-state index contributed by atoms with van der Waals surface area (Å²) < 4.78 is 42.4. The maximum absolute atomic E-state index is 13.1. The van der Waals surface area contributed by atoms with E-state index >= 15 is 0 Å². The minimum atomic E-state index is -3.44. The molecule has 2 fully saturated rings. The van der Waals surface area contributed by atoms with Crippen molar-refractivity contribution in [1.82, 2.24) is 10.2 Å². The van der Waals surface area contributed by atoms with E-state index < -0.39 is 32.9 Å². The zero-order valence-corrected chi connectivity index (χ0v) is 22.3. The lowest BCUT2D eigenvalue weighted by atomic mass is 9.88. The number of hydrogen-bond donors (Lipinski definition) is 2. The van der Waals surface area contributed by atoms with Gasteiger partial charge in [0, 0.05) is 0 Å². The molecule has 0 unspecified atom stereocenters. The second-order valence-corrected chi connectivity index (χ2v) is 13.3. The summed E-state index contributed by atoms with van der Waals surface area (Å²) in [7, 11) is -3.44. The number of rotatable bonds is 8. The Balaban J connectivity index is 1.67. The van der Waals surface area contributed by atoms with Gasteiger partial charge in [-0.15, -0.1) is 0 Å². The zero-order valence-electron chi connectivity index (χ0n) is 21.5. The summed E-state index contributed by atoms with van der Waals surface area (Å²) in [6.07, 6.45) is 0.954. The molecule has 2 saturated heterocycles. The van der Waals surface area contributed by atoms with Gasteiger partial charge in [-0.25, -0.2) is 13.2 Å². The van der Waals surface area contributed by atoms with E-state index in [1.807, 2.05) is 0 Å². The first-order chi connectivity index (χ1) is 16.3. The standard InChI is InChI=1S/C25H40N2O7S/c1-18(2)35(30,31)22-8-6-7-21(13-22)32-17-20(28)15-27(23(29)34-24(3,4)5)19-14-25(33-16-19)9-11-26-12-10-25/h6-8,13,18-20,26,28H,9-12,14-17H2,1-5H3/t19-,20+/m1/s1. The molecule has 0 radical (unpaired) electrons. The molecule has 2 aliphatic heterocycles. The summed E-state index contributed by atoms with van der Waals surface area (Å²) in [4.78, 5) is 14.8. The first kappa shape index (κ1) is 27.7. The molecule has 2 heterocycles. The largest absolute Gasteiger partial charge is 0.491 e. The molecule has 1 aromatic rings. The third-order valence-electron chi connectivity index (χ3n) is 6.38. The fourth-order valence-electron chi connectivity index (χ4n) is 4.43. The normalized spacial score (nSPS) is 21.2. The van der Waals surface area contributed by atoms with Crippen molar-refractivity contribution in [3.05, 3.63) is 24.3 Å². The van der Waals surface area contributed by atoms with Gasteiger partial charge in [0.15, 0.2) is 9.84 Å². The molecule has 1 spiro atoms. The van der Waals surface area contributed by atoms with Crippen molar-refractivity contribution in [1.29, 1.82) is 0 Å². The molecule has 2 atom stereocenters. The fraction of sp³-hybridized carbons (Fsp3) is 0.720. The Hall–Kier alpha value is -1.88. The summed E-state index contributed by atoms with van der Waals surface area (Å²) in [5.74, 6) is 0.340. The second kappa shape index (κ2) is 11.0. The van der Waals surface area contributed by atoms with Crippen LogP contribution in [-0.4, -0.2) is 86.0 Å². The first-order valence-corrected chi connectivity index (χ1v) is 13.9. The van der Waals surface area contributed by atoms with Gasteiger partial charge in [0.2, 0.25) is 0 Å². The maximum Gasteiger partial charge on any atom is 0.410 e. The summed E-state index contributed by atoms with van der Waals surface area (Å²) in [6, 6.07) is 6.03. The number of amides is 1. The van der Waals surface area contributed by atoms with Crippen molar-refractivity contribution in [3.63, 3.8) is 0 Å². The number of hydrogen-bond acceptors (Lipinski definition) is 8. The Morgan fingerprint density at radius 2 is 1.97 bits per heavy atom. The van der Waals surface area contributed by atoms with Crippen LogP contribution < -0.4 is 10.1 Å². The van der Waals surface area contributed by atoms with Gasteiger partial charge in [-0.3, -0.25) is 0 Å². The van der Waals surface area contributed by atoms with Crippen LogP contribution in [0.25, 0.3) is 0 Å². The van der Waals surface area contributed by atoms with Crippen LogP contribution in [0.2, 0.25) is 0 Å². The van der Waals surface area contributed by atoms with Gasteiger partial charge in [0.25, 0.3) is 0 Å². The molecule has 35 heavy (non-hydrogen) atoms. The lowest BCUT2D eigenvalue weighted by molar-refractivity contribution is -0.0227. The highest BCUT2D eigenvalue weighted by molar-refractivity contribution is 7.92. The monoisotopic (exact) mass is 512 g/mol. The van der Waals surface area contributed by atoms with Crippen LogP contribution in [0.15, 0.2) is 29.2 Å². The lowest BCUT2D eigenvalue weighted by Gasteiger charge is -2.35. The van der Waals surface area contributed by atoms with Crippen LogP contribution in [0.4, 0.5) is 4.79 Å². The maximum atomic E-state index is 13.1. The molecule has 0 aromatic heterocycles. The van der Waals surface area contributed by atoms with Crippen LogP contribution >= 0.6 is 0 Å². The number of carbonyl (C=O) groups is 1. The number of nitrogens with one attached hydrogen (secondary N) is 1. The Morgan fingerprint density at radius 1 is 1.29 bits per heavy atom. The van der Waals surface area contributed by atoms with Crippen molar-refractivity contribution < 1.29 is 32.5 Å². The van der Waals surface area contributed by atoms with Gasteiger partial charge in [-0.1, -0.05) is 6.07 Å². The Bertz CT molecular complexity index is 968. The molecule has 9 nitrogen and oxygen atoms in total. The van der Waals surface area contributed by atoms with Crippen molar-refractivity contribution in [3.8, 4) is 5.75 Å². The van der Waals surface area contributed by atoms with Gasteiger partial charge in [0.1, 0.15) is 24.1 Å². The highest BCUT2D eigenvalue weighted by atomic mass is 32.2. The smallest absolute Gasteiger partial charge is 0.410 e. The number of ether oxygens (including phenoxy) is 3. The number of aliphatic hydroxyl groups excluding tert-OH is 1. The number of sulfone groups is 1. The fourth-order valence-corrected chi connectivity index (χ4v) is 5.52. The number of carbonyl (C=O) groups excluding carboxylic acids is 1. The van der Waals surface area contributed by atoms with Crippen LogP contribution in [0.1, 0.15) is 53.9 Å². The van der Waals surface area contributed by atoms with E-state index in [0.29, 0.717) is 18.8 Å². The van der Waals surface area contributed by atoms with Gasteiger partial charge in [-0.05, 0) is 85.2 Å².